The summed E-state index contributed by atoms with van der Waals surface area (Å²) in [7, 11) is 0. The number of benzene rings is 1. The Labute approximate surface area is 167 Å². The van der Waals surface area contributed by atoms with Gasteiger partial charge >= 0.3 is 5.97 Å². The van der Waals surface area contributed by atoms with Gasteiger partial charge in [0.15, 0.2) is 0 Å². The Kier molecular flexibility index (Phi) is 5.08. The quantitative estimate of drug-likeness (QED) is 0.307. The summed E-state index contributed by atoms with van der Waals surface area (Å²) in [6.45, 7) is 13.1. The van der Waals surface area contributed by atoms with E-state index < -0.39 is 0 Å². The molecule has 3 heteroatoms. The zero-order valence-corrected chi connectivity index (χ0v) is 17.6. The SMILES string of the molecule is CC(=CC1=CCC(=C=O)C=C1)C(=O)Oc1ccc2c(c1)C(C)(C)C(C)C2(C)C. The molecule has 3 rings (SSSR count). The molecule has 0 fully saturated rings. The molecule has 0 saturated carbocycles. The summed E-state index contributed by atoms with van der Waals surface area (Å²) in [5, 5.41) is 0. The third kappa shape index (κ3) is 3.43. The summed E-state index contributed by atoms with van der Waals surface area (Å²) in [5.41, 5.74) is 4.70. The number of fused-ring (bicyclic) bond motifs is 1. The molecule has 0 amide bonds. The fourth-order valence-electron chi connectivity index (χ4n) is 4.29. The fourth-order valence-corrected chi connectivity index (χ4v) is 4.29. The Morgan fingerprint density at radius 3 is 2.43 bits per heavy atom. The molecule has 1 aromatic carbocycles. The number of esters is 1. The molecule has 0 spiro atoms. The molecular weight excluding hydrogens is 348 g/mol. The predicted octanol–water partition coefficient (Wildman–Crippen LogP) is 5.39. The third-order valence-electron chi connectivity index (χ3n) is 6.63. The molecule has 1 atom stereocenters. The minimum atomic E-state index is -0.367. The first kappa shape index (κ1) is 20.1. The maximum absolute atomic E-state index is 12.6. The van der Waals surface area contributed by atoms with Crippen LogP contribution in [0.15, 0.2) is 59.2 Å². The average Bonchev–Trinajstić information content (AvgIpc) is 2.80. The van der Waals surface area contributed by atoms with E-state index in [2.05, 4.69) is 40.7 Å². The second-order valence-corrected chi connectivity index (χ2v) is 8.96. The summed E-state index contributed by atoms with van der Waals surface area (Å²) in [4.78, 5) is 23.2. The van der Waals surface area contributed by atoms with Gasteiger partial charge in [-0.2, -0.15) is 0 Å². The summed E-state index contributed by atoms with van der Waals surface area (Å²) in [6, 6.07) is 6.01. The van der Waals surface area contributed by atoms with Crippen LogP contribution in [0.25, 0.3) is 0 Å². The molecule has 28 heavy (non-hydrogen) atoms. The Morgan fingerprint density at radius 2 is 1.82 bits per heavy atom. The van der Waals surface area contributed by atoms with Crippen molar-refractivity contribution in [2.24, 2.45) is 5.92 Å². The Hall–Kier alpha value is -2.64. The minimum absolute atomic E-state index is 0.0215. The van der Waals surface area contributed by atoms with Crippen molar-refractivity contribution in [2.75, 3.05) is 0 Å². The van der Waals surface area contributed by atoms with Gasteiger partial charge in [-0.15, -0.1) is 0 Å². The lowest BCUT2D eigenvalue weighted by molar-refractivity contribution is -0.130. The Bertz CT molecular complexity index is 964. The lowest BCUT2D eigenvalue weighted by atomic mass is 9.71. The number of allylic oxidation sites excluding steroid dienone is 6. The first-order valence-corrected chi connectivity index (χ1v) is 9.75. The molecule has 0 bridgehead atoms. The van der Waals surface area contributed by atoms with Gasteiger partial charge in [0, 0.05) is 17.6 Å². The van der Waals surface area contributed by atoms with Crippen LogP contribution >= 0.6 is 0 Å². The molecule has 3 nitrogen and oxygen atoms in total. The molecule has 0 heterocycles. The lowest BCUT2D eigenvalue weighted by Crippen LogP contribution is -2.30. The topological polar surface area (TPSA) is 43.4 Å². The average molecular weight is 376 g/mol. The van der Waals surface area contributed by atoms with Crippen molar-refractivity contribution in [1.29, 1.82) is 0 Å². The van der Waals surface area contributed by atoms with Crippen LogP contribution in [-0.4, -0.2) is 11.9 Å². The molecule has 1 unspecified atom stereocenters. The molecule has 0 N–H and O–H groups in total. The van der Waals surface area contributed by atoms with Crippen LogP contribution < -0.4 is 4.74 Å². The van der Waals surface area contributed by atoms with Gasteiger partial charge in [-0.1, -0.05) is 52.8 Å². The van der Waals surface area contributed by atoms with Crippen LogP contribution in [0.5, 0.6) is 5.75 Å². The molecule has 1 aromatic rings. The van der Waals surface area contributed by atoms with E-state index in [-0.39, 0.29) is 16.8 Å². The summed E-state index contributed by atoms with van der Waals surface area (Å²) < 4.78 is 5.66. The van der Waals surface area contributed by atoms with Crippen molar-refractivity contribution in [3.8, 4) is 5.75 Å². The molecule has 146 valence electrons. The van der Waals surface area contributed by atoms with Crippen LogP contribution in [-0.2, 0) is 20.4 Å². The summed E-state index contributed by atoms with van der Waals surface area (Å²) in [5.74, 6) is 2.59. The molecule has 0 aromatic heterocycles. The highest BCUT2D eigenvalue weighted by Crippen LogP contribution is 2.54. The van der Waals surface area contributed by atoms with Gasteiger partial charge in [0.05, 0.1) is 0 Å². The van der Waals surface area contributed by atoms with Gasteiger partial charge in [0.1, 0.15) is 11.7 Å². The van der Waals surface area contributed by atoms with E-state index in [1.807, 2.05) is 30.2 Å². The van der Waals surface area contributed by atoms with Crippen LogP contribution in [0.2, 0.25) is 0 Å². The highest BCUT2D eigenvalue weighted by Gasteiger charge is 2.48. The number of hydrogen-bond donors (Lipinski definition) is 0. The van der Waals surface area contributed by atoms with Crippen molar-refractivity contribution in [3.63, 3.8) is 0 Å². The van der Waals surface area contributed by atoms with Crippen LogP contribution in [0.3, 0.4) is 0 Å². The number of rotatable bonds is 3. The molecule has 0 radical (unpaired) electrons. The zero-order chi connectivity index (χ0) is 20.7. The van der Waals surface area contributed by atoms with E-state index in [0.29, 0.717) is 29.2 Å². The van der Waals surface area contributed by atoms with E-state index in [0.717, 1.165) is 5.57 Å². The third-order valence-corrected chi connectivity index (χ3v) is 6.63. The van der Waals surface area contributed by atoms with Gasteiger partial charge < -0.3 is 4.74 Å². The van der Waals surface area contributed by atoms with Gasteiger partial charge in [-0.05, 0) is 64.7 Å². The van der Waals surface area contributed by atoms with Crippen LogP contribution in [0.4, 0.5) is 0 Å². The highest BCUT2D eigenvalue weighted by atomic mass is 16.5. The van der Waals surface area contributed by atoms with E-state index in [4.69, 9.17) is 4.74 Å². The molecule has 2 aliphatic rings. The first-order chi connectivity index (χ1) is 13.1. The summed E-state index contributed by atoms with van der Waals surface area (Å²) in [6.07, 6.45) is 7.74. The van der Waals surface area contributed by atoms with Crippen molar-refractivity contribution in [2.45, 2.75) is 58.8 Å². The number of ether oxygens (including phenoxy) is 1. The maximum Gasteiger partial charge on any atom is 0.339 e. The second kappa shape index (κ2) is 7.07. The van der Waals surface area contributed by atoms with E-state index in [9.17, 15) is 9.59 Å². The second-order valence-electron chi connectivity index (χ2n) is 8.96. The highest BCUT2D eigenvalue weighted by molar-refractivity contribution is 5.90. The smallest absolute Gasteiger partial charge is 0.339 e. The van der Waals surface area contributed by atoms with Gasteiger partial charge in [-0.25, -0.2) is 9.59 Å². The van der Waals surface area contributed by atoms with Crippen molar-refractivity contribution < 1.29 is 14.3 Å². The first-order valence-electron chi connectivity index (χ1n) is 9.75. The van der Waals surface area contributed by atoms with Crippen molar-refractivity contribution in [3.05, 3.63) is 70.3 Å². The van der Waals surface area contributed by atoms with Crippen LogP contribution in [0, 0.1) is 5.92 Å². The fraction of sp³-hybridized carbons (Fsp3) is 0.400. The van der Waals surface area contributed by atoms with Gasteiger partial charge in [-0.3, -0.25) is 0 Å². The molecular formula is C25H28O3. The molecule has 2 aliphatic carbocycles. The number of hydrogen-bond acceptors (Lipinski definition) is 3. The standard InChI is InChI=1S/C25H28O3/c1-16(13-18-7-9-19(15-26)10-8-18)23(27)28-20-11-12-21-22(14-20)25(5,6)17(2)24(21,3)4/h7-9,11-14,17H,10H2,1-6H3. The Morgan fingerprint density at radius 1 is 1.14 bits per heavy atom. The number of carbonyl (C=O) groups excluding carboxylic acids is 2. The van der Waals surface area contributed by atoms with Gasteiger partial charge in [0.25, 0.3) is 0 Å². The monoisotopic (exact) mass is 376 g/mol. The zero-order valence-electron chi connectivity index (χ0n) is 17.6. The van der Waals surface area contributed by atoms with E-state index >= 15 is 0 Å². The molecule has 0 saturated heterocycles. The summed E-state index contributed by atoms with van der Waals surface area (Å²) >= 11 is 0. The molecule has 0 aliphatic heterocycles. The van der Waals surface area contributed by atoms with Crippen molar-refractivity contribution >= 4 is 11.9 Å². The van der Waals surface area contributed by atoms with Gasteiger partial charge in [0.2, 0.25) is 0 Å². The van der Waals surface area contributed by atoms with E-state index in [1.54, 1.807) is 19.1 Å². The van der Waals surface area contributed by atoms with Crippen LogP contribution in [0.1, 0.15) is 59.1 Å². The lowest BCUT2D eigenvalue weighted by Gasteiger charge is -2.32. The van der Waals surface area contributed by atoms with Crippen molar-refractivity contribution in [1.82, 2.24) is 0 Å². The normalized spacial score (nSPS) is 22.4. The minimum Gasteiger partial charge on any atom is -0.423 e. The van der Waals surface area contributed by atoms with E-state index in [1.165, 1.54) is 11.1 Å². The number of carbonyl (C=O) groups is 1. The largest absolute Gasteiger partial charge is 0.423 e. The Balaban J connectivity index is 1.80. The predicted molar refractivity (Wildman–Crippen MR) is 112 cm³/mol. The maximum atomic E-state index is 12.6.